The number of carbonyl (C=O) groups is 1. The van der Waals surface area contributed by atoms with Gasteiger partial charge in [-0.25, -0.2) is 4.98 Å². The number of thiazole rings is 1. The second-order valence-electron chi connectivity index (χ2n) is 7.70. The van der Waals surface area contributed by atoms with E-state index in [4.69, 9.17) is 9.47 Å². The predicted octanol–water partition coefficient (Wildman–Crippen LogP) is 6.66. The molecule has 0 bridgehead atoms. The fourth-order valence-electron chi connectivity index (χ4n) is 3.36. The highest BCUT2D eigenvalue weighted by molar-refractivity contribution is 7.22. The molecule has 33 heavy (non-hydrogen) atoms. The summed E-state index contributed by atoms with van der Waals surface area (Å²) in [6.07, 6.45) is 1.99. The molecule has 0 unspecified atom stereocenters. The summed E-state index contributed by atoms with van der Waals surface area (Å²) in [4.78, 5) is 17.9. The first kappa shape index (κ1) is 22.6. The van der Waals surface area contributed by atoms with Gasteiger partial charge in [-0.3, -0.25) is 10.1 Å². The van der Waals surface area contributed by atoms with Crippen molar-refractivity contribution in [1.29, 1.82) is 0 Å². The number of fused-ring (bicyclic) bond motifs is 1. The Bertz CT molecular complexity index is 1260. The number of benzene rings is 3. The van der Waals surface area contributed by atoms with Crippen molar-refractivity contribution < 1.29 is 14.3 Å². The number of nitrogens with zero attached hydrogens (tertiary/aromatic N) is 1. The maximum Gasteiger partial charge on any atom is 0.258 e. The molecule has 0 radical (unpaired) electrons. The van der Waals surface area contributed by atoms with Crippen LogP contribution in [0.1, 0.15) is 31.9 Å². The van der Waals surface area contributed by atoms with E-state index in [1.165, 1.54) is 11.3 Å². The standard InChI is InChI=1S/C27H26N2O3S/c1-4-31-22-14-15-24-25(17-22)33-27(28-24)29-26(30)23(20-8-6-5-7-9-20)16-19-10-12-21(13-11-19)32-18(2)3/h5-18H,4H2,1-3H3,(H,28,29,30)/b23-16+. The van der Waals surface area contributed by atoms with Crippen LogP contribution in [0.25, 0.3) is 21.9 Å². The minimum absolute atomic E-state index is 0.107. The van der Waals surface area contributed by atoms with Crippen molar-refractivity contribution in [2.75, 3.05) is 11.9 Å². The number of nitrogens with one attached hydrogen (secondary N) is 1. The third-order valence-corrected chi connectivity index (χ3v) is 5.72. The summed E-state index contributed by atoms with van der Waals surface area (Å²) in [5.41, 5.74) is 3.12. The maximum absolute atomic E-state index is 13.3. The maximum atomic E-state index is 13.3. The molecule has 4 rings (SSSR count). The van der Waals surface area contributed by atoms with Crippen LogP contribution in [0.3, 0.4) is 0 Å². The van der Waals surface area contributed by atoms with Crippen LogP contribution >= 0.6 is 11.3 Å². The van der Waals surface area contributed by atoms with Crippen LogP contribution in [0.4, 0.5) is 5.13 Å². The van der Waals surface area contributed by atoms with Gasteiger partial charge in [0.2, 0.25) is 0 Å². The highest BCUT2D eigenvalue weighted by Crippen LogP contribution is 2.30. The van der Waals surface area contributed by atoms with E-state index in [1.54, 1.807) is 0 Å². The van der Waals surface area contributed by atoms with E-state index in [0.717, 1.165) is 32.8 Å². The van der Waals surface area contributed by atoms with Crippen LogP contribution < -0.4 is 14.8 Å². The second kappa shape index (κ2) is 10.3. The molecule has 168 valence electrons. The number of rotatable bonds is 8. The van der Waals surface area contributed by atoms with Gasteiger partial charge in [0, 0.05) is 5.57 Å². The normalized spacial score (nSPS) is 11.6. The summed E-state index contributed by atoms with van der Waals surface area (Å²) in [5, 5.41) is 3.52. The van der Waals surface area contributed by atoms with Crippen LogP contribution in [0.5, 0.6) is 11.5 Å². The highest BCUT2D eigenvalue weighted by Gasteiger charge is 2.15. The first-order valence-corrected chi connectivity index (χ1v) is 11.7. The number of aromatic nitrogens is 1. The fraction of sp³-hybridized carbons (Fsp3) is 0.185. The van der Waals surface area contributed by atoms with Gasteiger partial charge in [0.25, 0.3) is 5.91 Å². The van der Waals surface area contributed by atoms with Gasteiger partial charge in [-0.05, 0) is 68.3 Å². The number of hydrogen-bond acceptors (Lipinski definition) is 5. The van der Waals surface area contributed by atoms with E-state index in [0.29, 0.717) is 17.3 Å². The first-order chi connectivity index (χ1) is 16.0. The Hall–Kier alpha value is -3.64. The van der Waals surface area contributed by atoms with Crippen LogP contribution in [0.15, 0.2) is 72.8 Å². The number of carbonyl (C=O) groups excluding carboxylic acids is 1. The lowest BCUT2D eigenvalue weighted by Crippen LogP contribution is -2.13. The number of ether oxygens (including phenoxy) is 2. The molecule has 0 saturated carbocycles. The van der Waals surface area contributed by atoms with Gasteiger partial charge in [0.1, 0.15) is 11.5 Å². The summed E-state index contributed by atoms with van der Waals surface area (Å²) in [6, 6.07) is 23.1. The average Bonchev–Trinajstić information content (AvgIpc) is 3.20. The van der Waals surface area contributed by atoms with Gasteiger partial charge in [-0.15, -0.1) is 0 Å². The molecule has 3 aromatic carbocycles. The van der Waals surface area contributed by atoms with Crippen LogP contribution in [0.2, 0.25) is 0 Å². The third kappa shape index (κ3) is 5.79. The van der Waals surface area contributed by atoms with E-state index in [1.807, 2.05) is 99.6 Å². The molecule has 4 aromatic rings. The minimum Gasteiger partial charge on any atom is -0.494 e. The summed E-state index contributed by atoms with van der Waals surface area (Å²) in [5.74, 6) is 1.38. The molecule has 5 nitrogen and oxygen atoms in total. The number of hydrogen-bond donors (Lipinski definition) is 1. The highest BCUT2D eigenvalue weighted by atomic mass is 32.1. The van der Waals surface area contributed by atoms with Gasteiger partial charge in [-0.2, -0.15) is 0 Å². The molecule has 1 aromatic heterocycles. The zero-order valence-electron chi connectivity index (χ0n) is 18.9. The van der Waals surface area contributed by atoms with E-state index in [9.17, 15) is 4.79 Å². The van der Waals surface area contributed by atoms with Gasteiger partial charge < -0.3 is 9.47 Å². The van der Waals surface area contributed by atoms with Crippen molar-refractivity contribution in [2.24, 2.45) is 0 Å². The van der Waals surface area contributed by atoms with Crippen molar-refractivity contribution in [3.8, 4) is 11.5 Å². The van der Waals surface area contributed by atoms with Crippen LogP contribution in [-0.2, 0) is 4.79 Å². The monoisotopic (exact) mass is 458 g/mol. The summed E-state index contributed by atoms with van der Waals surface area (Å²) < 4.78 is 12.3. The molecule has 1 N–H and O–H groups in total. The lowest BCUT2D eigenvalue weighted by atomic mass is 10.0. The third-order valence-electron chi connectivity index (χ3n) is 4.78. The van der Waals surface area contributed by atoms with E-state index < -0.39 is 0 Å². The van der Waals surface area contributed by atoms with Gasteiger partial charge in [0.05, 0.1) is 22.9 Å². The molecule has 6 heteroatoms. The number of anilines is 1. The largest absolute Gasteiger partial charge is 0.494 e. The van der Waals surface area contributed by atoms with E-state index >= 15 is 0 Å². The topological polar surface area (TPSA) is 60.5 Å². The van der Waals surface area contributed by atoms with Crippen molar-refractivity contribution in [3.05, 3.63) is 83.9 Å². The molecular formula is C27H26N2O3S. The molecule has 0 aliphatic rings. The quantitative estimate of drug-likeness (QED) is 0.237. The van der Waals surface area contributed by atoms with Gasteiger partial charge in [0.15, 0.2) is 5.13 Å². The van der Waals surface area contributed by atoms with Crippen molar-refractivity contribution >= 4 is 44.2 Å². The zero-order chi connectivity index (χ0) is 23.2. The van der Waals surface area contributed by atoms with E-state index in [2.05, 4.69) is 10.3 Å². The van der Waals surface area contributed by atoms with Crippen molar-refractivity contribution in [2.45, 2.75) is 26.9 Å². The van der Waals surface area contributed by atoms with Gasteiger partial charge >= 0.3 is 0 Å². The minimum atomic E-state index is -0.215. The van der Waals surface area contributed by atoms with Crippen LogP contribution in [-0.4, -0.2) is 23.6 Å². The Kier molecular flexibility index (Phi) is 7.05. The Morgan fingerprint density at radius 2 is 1.76 bits per heavy atom. The van der Waals surface area contributed by atoms with Crippen LogP contribution in [0, 0.1) is 0 Å². The Morgan fingerprint density at radius 1 is 1.03 bits per heavy atom. The molecule has 0 saturated heterocycles. The average molecular weight is 459 g/mol. The summed E-state index contributed by atoms with van der Waals surface area (Å²) in [6.45, 7) is 6.53. The predicted molar refractivity (Wildman–Crippen MR) is 136 cm³/mol. The molecule has 0 atom stereocenters. The second-order valence-corrected chi connectivity index (χ2v) is 8.73. The molecule has 1 amide bonds. The summed E-state index contributed by atoms with van der Waals surface area (Å²) >= 11 is 1.43. The SMILES string of the molecule is CCOc1ccc2nc(NC(=O)/C(=C/c3ccc(OC(C)C)cc3)c3ccccc3)sc2c1. The molecule has 0 aliphatic carbocycles. The Balaban J connectivity index is 1.61. The van der Waals surface area contributed by atoms with Gasteiger partial charge in [-0.1, -0.05) is 53.8 Å². The lowest BCUT2D eigenvalue weighted by molar-refractivity contribution is -0.111. The lowest BCUT2D eigenvalue weighted by Gasteiger charge is -2.10. The summed E-state index contributed by atoms with van der Waals surface area (Å²) in [7, 11) is 0. The first-order valence-electron chi connectivity index (χ1n) is 10.9. The van der Waals surface area contributed by atoms with E-state index in [-0.39, 0.29) is 12.0 Å². The fourth-order valence-corrected chi connectivity index (χ4v) is 4.25. The Morgan fingerprint density at radius 3 is 2.45 bits per heavy atom. The molecular weight excluding hydrogens is 432 g/mol. The Labute approximate surface area is 197 Å². The molecule has 0 aliphatic heterocycles. The smallest absolute Gasteiger partial charge is 0.258 e. The molecule has 0 spiro atoms. The van der Waals surface area contributed by atoms with Crippen molar-refractivity contribution in [1.82, 2.24) is 4.98 Å². The zero-order valence-corrected chi connectivity index (χ0v) is 19.7. The molecule has 1 heterocycles. The molecule has 0 fully saturated rings. The van der Waals surface area contributed by atoms with Crippen molar-refractivity contribution in [3.63, 3.8) is 0 Å². The number of amides is 1.